The van der Waals surface area contributed by atoms with Crippen LogP contribution in [0.2, 0.25) is 0 Å². The van der Waals surface area contributed by atoms with Crippen molar-refractivity contribution in [1.82, 2.24) is 20.2 Å². The van der Waals surface area contributed by atoms with E-state index in [1.165, 1.54) is 0 Å². The van der Waals surface area contributed by atoms with Gasteiger partial charge in [0.1, 0.15) is 0 Å². The molecule has 0 saturated carbocycles. The molecule has 0 N–H and O–H groups in total. The Morgan fingerprint density at radius 2 is 1.93 bits per heavy atom. The number of para-hydroxylation sites is 1. The zero-order valence-corrected chi connectivity index (χ0v) is 11.3. The van der Waals surface area contributed by atoms with Crippen molar-refractivity contribution in [2.24, 2.45) is 0 Å². The van der Waals surface area contributed by atoms with Crippen LogP contribution < -0.4 is 0 Å². The van der Waals surface area contributed by atoms with Crippen LogP contribution in [0.3, 0.4) is 0 Å². The number of hydrogen-bond acceptors (Lipinski definition) is 3. The number of aromatic nitrogens is 4. The first-order chi connectivity index (χ1) is 7.24. The van der Waals surface area contributed by atoms with E-state index in [1.807, 2.05) is 18.2 Å². The van der Waals surface area contributed by atoms with E-state index in [0.717, 1.165) is 14.6 Å². The lowest BCUT2D eigenvalue weighted by molar-refractivity contribution is 0.772. The molecule has 15 heavy (non-hydrogen) atoms. The number of nitrogens with zero attached hydrogens (tertiary/aromatic N) is 4. The van der Waals surface area contributed by atoms with Crippen LogP contribution in [0.5, 0.6) is 0 Å². The highest BCUT2D eigenvalue weighted by Gasteiger charge is 2.12. The Labute approximate surface area is 108 Å². The largest absolute Gasteiger partial charge is 0.194 e. The molecule has 0 aliphatic carbocycles. The number of tetrazole rings is 1. The smallest absolute Gasteiger partial charge is 0.171 e. The van der Waals surface area contributed by atoms with Crippen LogP contribution in [0.4, 0.5) is 0 Å². The number of benzene rings is 1. The van der Waals surface area contributed by atoms with Gasteiger partial charge in [0.05, 0.1) is 11.6 Å². The van der Waals surface area contributed by atoms with Crippen LogP contribution in [-0.4, -0.2) is 20.2 Å². The summed E-state index contributed by atoms with van der Waals surface area (Å²) < 4.78 is 3.40. The van der Waals surface area contributed by atoms with Crippen LogP contribution in [0.15, 0.2) is 27.1 Å². The molecule has 0 radical (unpaired) electrons. The van der Waals surface area contributed by atoms with Crippen LogP contribution in [0.1, 0.15) is 5.82 Å². The molecule has 2 rings (SSSR count). The van der Waals surface area contributed by atoms with E-state index in [-0.39, 0.29) is 5.88 Å². The van der Waals surface area contributed by atoms with E-state index in [9.17, 15) is 0 Å². The lowest BCUT2D eigenvalue weighted by atomic mass is 10.3. The Morgan fingerprint density at radius 3 is 2.53 bits per heavy atom. The molecule has 78 valence electrons. The summed E-state index contributed by atoms with van der Waals surface area (Å²) in [6, 6.07) is 5.75. The van der Waals surface area contributed by atoms with Gasteiger partial charge in [0.2, 0.25) is 0 Å². The molecule has 0 amide bonds. The van der Waals surface area contributed by atoms with Crippen molar-refractivity contribution in [3.8, 4) is 5.69 Å². The number of halogens is 3. The Bertz CT molecular complexity index is 465. The van der Waals surface area contributed by atoms with Crippen molar-refractivity contribution < 1.29 is 0 Å². The van der Waals surface area contributed by atoms with E-state index in [2.05, 4.69) is 47.4 Å². The van der Waals surface area contributed by atoms with Crippen LogP contribution >= 0.6 is 43.5 Å². The summed E-state index contributed by atoms with van der Waals surface area (Å²) in [5, 5.41) is 11.3. The highest BCUT2D eigenvalue weighted by molar-refractivity contribution is 9.11. The summed E-state index contributed by atoms with van der Waals surface area (Å²) in [4.78, 5) is 0. The minimum Gasteiger partial charge on any atom is -0.194 e. The van der Waals surface area contributed by atoms with Crippen LogP contribution in [0.25, 0.3) is 5.69 Å². The minimum atomic E-state index is 0.265. The predicted octanol–water partition coefficient (Wildman–Crippen LogP) is 2.93. The Hall–Kier alpha value is -0.460. The fourth-order valence-electron chi connectivity index (χ4n) is 1.15. The normalized spacial score (nSPS) is 10.6. The fraction of sp³-hybridized carbons (Fsp3) is 0.125. The van der Waals surface area contributed by atoms with E-state index in [0.29, 0.717) is 5.82 Å². The first-order valence-corrected chi connectivity index (χ1v) is 6.13. The Morgan fingerprint density at radius 1 is 1.27 bits per heavy atom. The molecule has 2 aromatic rings. The summed E-state index contributed by atoms with van der Waals surface area (Å²) in [6.45, 7) is 0. The quantitative estimate of drug-likeness (QED) is 0.781. The van der Waals surface area contributed by atoms with Crippen molar-refractivity contribution in [1.29, 1.82) is 0 Å². The monoisotopic (exact) mass is 350 g/mol. The molecule has 0 unspecified atom stereocenters. The van der Waals surface area contributed by atoms with E-state index < -0.39 is 0 Å². The van der Waals surface area contributed by atoms with E-state index in [1.54, 1.807) is 4.68 Å². The van der Waals surface area contributed by atoms with E-state index >= 15 is 0 Å². The maximum Gasteiger partial charge on any atom is 0.171 e. The Balaban J connectivity index is 2.63. The highest BCUT2D eigenvalue weighted by atomic mass is 79.9. The summed E-state index contributed by atoms with van der Waals surface area (Å²) in [5.41, 5.74) is 0.846. The second kappa shape index (κ2) is 4.59. The zero-order valence-electron chi connectivity index (χ0n) is 7.36. The van der Waals surface area contributed by atoms with Crippen molar-refractivity contribution in [2.45, 2.75) is 5.88 Å². The van der Waals surface area contributed by atoms with Gasteiger partial charge in [-0.2, -0.15) is 4.68 Å². The van der Waals surface area contributed by atoms with Crippen molar-refractivity contribution in [2.75, 3.05) is 0 Å². The average Bonchev–Trinajstić information content (AvgIpc) is 2.65. The van der Waals surface area contributed by atoms with E-state index in [4.69, 9.17) is 11.6 Å². The molecule has 0 aliphatic heterocycles. The average molecular weight is 352 g/mol. The molecule has 0 saturated heterocycles. The lowest BCUT2D eigenvalue weighted by Gasteiger charge is -2.07. The van der Waals surface area contributed by atoms with Gasteiger partial charge in [0.25, 0.3) is 0 Å². The topological polar surface area (TPSA) is 43.6 Å². The molecular weight excluding hydrogens is 347 g/mol. The molecule has 7 heteroatoms. The summed E-state index contributed by atoms with van der Waals surface area (Å²) >= 11 is 12.6. The maximum atomic E-state index is 5.73. The maximum absolute atomic E-state index is 5.73. The van der Waals surface area contributed by atoms with Gasteiger partial charge in [-0.25, -0.2) is 0 Å². The number of rotatable bonds is 2. The second-order valence-electron chi connectivity index (χ2n) is 2.71. The summed E-state index contributed by atoms with van der Waals surface area (Å²) in [7, 11) is 0. The third-order valence-electron chi connectivity index (χ3n) is 1.80. The van der Waals surface area contributed by atoms with Crippen molar-refractivity contribution >= 4 is 43.5 Å². The highest BCUT2D eigenvalue weighted by Crippen LogP contribution is 2.28. The second-order valence-corrected chi connectivity index (χ2v) is 4.69. The molecule has 0 bridgehead atoms. The van der Waals surface area contributed by atoms with Crippen LogP contribution in [-0.2, 0) is 5.88 Å². The predicted molar refractivity (Wildman–Crippen MR) is 64.1 cm³/mol. The molecule has 0 aliphatic rings. The first kappa shape index (κ1) is 11.0. The molecule has 0 spiro atoms. The van der Waals surface area contributed by atoms with Crippen molar-refractivity contribution in [3.63, 3.8) is 0 Å². The molecule has 0 atom stereocenters. The Kier molecular flexibility index (Phi) is 3.38. The first-order valence-electron chi connectivity index (χ1n) is 4.01. The standard InChI is InChI=1S/C8H5Br2ClN4/c9-5-2-1-3-6(10)8(5)15-7(4-11)12-13-14-15/h1-3H,4H2. The third-order valence-corrected chi connectivity index (χ3v) is 3.32. The van der Waals surface area contributed by atoms with Gasteiger partial charge in [0, 0.05) is 8.95 Å². The molecule has 1 heterocycles. The van der Waals surface area contributed by atoms with Gasteiger partial charge in [0.15, 0.2) is 5.82 Å². The summed E-state index contributed by atoms with van der Waals surface area (Å²) in [6.07, 6.45) is 0. The molecule has 0 fully saturated rings. The lowest BCUT2D eigenvalue weighted by Crippen LogP contribution is -2.03. The molecule has 4 nitrogen and oxygen atoms in total. The summed E-state index contributed by atoms with van der Waals surface area (Å²) in [5.74, 6) is 0.866. The van der Waals surface area contributed by atoms with Gasteiger partial charge in [-0.3, -0.25) is 0 Å². The third kappa shape index (κ3) is 2.07. The SMILES string of the molecule is ClCc1nnnn1-c1c(Br)cccc1Br. The van der Waals surface area contributed by atoms with Gasteiger partial charge >= 0.3 is 0 Å². The van der Waals surface area contributed by atoms with Gasteiger partial charge in [-0.1, -0.05) is 6.07 Å². The number of alkyl halides is 1. The fourth-order valence-corrected chi connectivity index (χ4v) is 2.66. The molecule has 1 aromatic heterocycles. The van der Waals surface area contributed by atoms with Gasteiger partial charge in [-0.15, -0.1) is 16.7 Å². The molecule has 1 aromatic carbocycles. The van der Waals surface area contributed by atoms with Gasteiger partial charge in [-0.05, 0) is 54.4 Å². The van der Waals surface area contributed by atoms with Crippen LogP contribution in [0, 0.1) is 0 Å². The number of hydrogen-bond donors (Lipinski definition) is 0. The molecular formula is C8H5Br2ClN4. The van der Waals surface area contributed by atoms with Gasteiger partial charge < -0.3 is 0 Å². The minimum absolute atomic E-state index is 0.265. The van der Waals surface area contributed by atoms with Crippen molar-refractivity contribution in [3.05, 3.63) is 33.0 Å². The zero-order chi connectivity index (χ0) is 10.8.